The van der Waals surface area contributed by atoms with Crippen molar-refractivity contribution in [3.8, 4) is 0 Å². The fourth-order valence-corrected chi connectivity index (χ4v) is 2.02. The van der Waals surface area contributed by atoms with E-state index in [0.717, 1.165) is 25.0 Å². The topological polar surface area (TPSA) is 25.8 Å². The van der Waals surface area contributed by atoms with Gasteiger partial charge in [-0.15, -0.1) is 11.6 Å². The first-order chi connectivity index (χ1) is 6.27. The normalized spacial score (nSPS) is 17.1. The lowest BCUT2D eigenvalue weighted by Crippen LogP contribution is -2.05. The number of alkyl halides is 1. The van der Waals surface area contributed by atoms with E-state index in [1.165, 1.54) is 17.7 Å². The molecular formula is C10H13ClN2. The molecule has 1 atom stereocenters. The van der Waals surface area contributed by atoms with Gasteiger partial charge in [-0.3, -0.25) is 0 Å². The Bertz CT molecular complexity index is 310. The molecule has 0 aliphatic heterocycles. The lowest BCUT2D eigenvalue weighted by Gasteiger charge is -2.06. The first-order valence-electron chi connectivity index (χ1n) is 4.73. The Morgan fingerprint density at radius 2 is 2.31 bits per heavy atom. The summed E-state index contributed by atoms with van der Waals surface area (Å²) in [6.07, 6.45) is 6.00. The van der Waals surface area contributed by atoms with Gasteiger partial charge in [0.25, 0.3) is 0 Å². The third-order valence-corrected chi connectivity index (χ3v) is 2.59. The minimum absolute atomic E-state index is 0.166. The second-order valence-corrected chi connectivity index (χ2v) is 4.33. The van der Waals surface area contributed by atoms with E-state index in [2.05, 4.69) is 9.97 Å². The maximum absolute atomic E-state index is 5.95. The van der Waals surface area contributed by atoms with Gasteiger partial charge in [-0.2, -0.15) is 0 Å². The van der Waals surface area contributed by atoms with E-state index in [-0.39, 0.29) is 5.38 Å². The fourth-order valence-electron chi connectivity index (χ4n) is 1.87. The van der Waals surface area contributed by atoms with Crippen molar-refractivity contribution < 1.29 is 0 Å². The van der Waals surface area contributed by atoms with Gasteiger partial charge in [0.15, 0.2) is 0 Å². The van der Waals surface area contributed by atoms with Crippen LogP contribution in [0.5, 0.6) is 0 Å². The summed E-state index contributed by atoms with van der Waals surface area (Å²) in [4.78, 5) is 8.57. The maximum atomic E-state index is 5.95. The Balaban J connectivity index is 2.30. The highest BCUT2D eigenvalue weighted by Crippen LogP contribution is 2.23. The van der Waals surface area contributed by atoms with Gasteiger partial charge in [-0.05, 0) is 31.7 Å². The minimum atomic E-state index is 0.166. The summed E-state index contributed by atoms with van der Waals surface area (Å²) in [5.41, 5.74) is 3.75. The molecule has 1 aliphatic carbocycles. The van der Waals surface area contributed by atoms with Gasteiger partial charge in [-0.25, -0.2) is 9.97 Å². The zero-order valence-corrected chi connectivity index (χ0v) is 8.51. The largest absolute Gasteiger partial charge is 0.241 e. The predicted molar refractivity (Wildman–Crippen MR) is 53.1 cm³/mol. The van der Waals surface area contributed by atoms with Crippen molar-refractivity contribution in [3.63, 3.8) is 0 Å². The average Bonchev–Trinajstić information content (AvgIpc) is 2.51. The van der Waals surface area contributed by atoms with Crippen molar-refractivity contribution in [2.45, 2.75) is 38.0 Å². The fraction of sp³-hybridized carbons (Fsp3) is 0.600. The van der Waals surface area contributed by atoms with Gasteiger partial charge < -0.3 is 0 Å². The molecule has 0 bridgehead atoms. The molecule has 0 fully saturated rings. The highest BCUT2D eigenvalue weighted by molar-refractivity contribution is 6.20. The highest BCUT2D eigenvalue weighted by atomic mass is 35.5. The van der Waals surface area contributed by atoms with Crippen molar-refractivity contribution in [1.29, 1.82) is 0 Å². The third-order valence-electron chi connectivity index (χ3n) is 2.44. The van der Waals surface area contributed by atoms with E-state index in [4.69, 9.17) is 11.6 Å². The molecule has 1 aromatic rings. The molecular weight excluding hydrogens is 184 g/mol. The molecule has 1 aromatic heterocycles. The molecule has 0 aromatic carbocycles. The van der Waals surface area contributed by atoms with Crippen LogP contribution in [0, 0.1) is 0 Å². The second-order valence-electron chi connectivity index (χ2n) is 3.58. The molecule has 0 saturated carbocycles. The number of aromatic nitrogens is 2. The molecule has 2 nitrogen and oxygen atoms in total. The number of nitrogens with zero attached hydrogens (tertiary/aromatic N) is 2. The monoisotopic (exact) mass is 196 g/mol. The van der Waals surface area contributed by atoms with Crippen molar-refractivity contribution in [2.24, 2.45) is 0 Å². The number of hydrogen-bond acceptors (Lipinski definition) is 2. The number of halogens is 1. The van der Waals surface area contributed by atoms with Crippen LogP contribution < -0.4 is 0 Å². The first-order valence-corrected chi connectivity index (χ1v) is 5.16. The van der Waals surface area contributed by atoms with Gasteiger partial charge in [0.1, 0.15) is 6.33 Å². The van der Waals surface area contributed by atoms with Crippen molar-refractivity contribution in [1.82, 2.24) is 9.97 Å². The molecule has 1 heterocycles. The van der Waals surface area contributed by atoms with Gasteiger partial charge >= 0.3 is 0 Å². The molecule has 70 valence electrons. The molecule has 1 aliphatic rings. The van der Waals surface area contributed by atoms with Crippen LogP contribution in [-0.2, 0) is 19.3 Å². The summed E-state index contributed by atoms with van der Waals surface area (Å²) in [7, 11) is 0. The summed E-state index contributed by atoms with van der Waals surface area (Å²) < 4.78 is 0. The number of hydrogen-bond donors (Lipinski definition) is 0. The van der Waals surface area contributed by atoms with Crippen LogP contribution in [0.2, 0.25) is 0 Å². The Labute approximate surface area is 83.4 Å². The summed E-state index contributed by atoms with van der Waals surface area (Å²) >= 11 is 5.95. The van der Waals surface area contributed by atoms with Crippen LogP contribution in [0.4, 0.5) is 0 Å². The maximum Gasteiger partial charge on any atom is 0.115 e. The standard InChI is InChI=1S/C10H13ClN2/c1-7(11)5-10-8-3-2-4-9(8)12-6-13-10/h6-7H,2-5H2,1H3. The summed E-state index contributed by atoms with van der Waals surface area (Å²) in [6.45, 7) is 2.00. The average molecular weight is 197 g/mol. The molecule has 0 spiro atoms. The van der Waals surface area contributed by atoms with E-state index in [9.17, 15) is 0 Å². The molecule has 0 amide bonds. The summed E-state index contributed by atoms with van der Waals surface area (Å²) in [5.74, 6) is 0. The molecule has 0 radical (unpaired) electrons. The third kappa shape index (κ3) is 1.83. The lowest BCUT2D eigenvalue weighted by atomic mass is 10.1. The van der Waals surface area contributed by atoms with E-state index < -0.39 is 0 Å². The first kappa shape index (κ1) is 8.95. The molecule has 1 unspecified atom stereocenters. The van der Waals surface area contributed by atoms with Gasteiger partial charge in [0.05, 0.1) is 0 Å². The highest BCUT2D eigenvalue weighted by Gasteiger charge is 2.17. The summed E-state index contributed by atoms with van der Waals surface area (Å²) in [6, 6.07) is 0. The molecule has 13 heavy (non-hydrogen) atoms. The minimum Gasteiger partial charge on any atom is -0.241 e. The second kappa shape index (κ2) is 3.62. The number of aryl methyl sites for hydroxylation is 1. The zero-order chi connectivity index (χ0) is 9.26. The Hall–Kier alpha value is -0.630. The van der Waals surface area contributed by atoms with Gasteiger partial charge in [-0.1, -0.05) is 0 Å². The zero-order valence-electron chi connectivity index (χ0n) is 7.76. The van der Waals surface area contributed by atoms with E-state index in [0.29, 0.717) is 0 Å². The van der Waals surface area contributed by atoms with Crippen LogP contribution in [0.3, 0.4) is 0 Å². The van der Waals surface area contributed by atoms with Crippen molar-refractivity contribution in [3.05, 3.63) is 23.3 Å². The Morgan fingerprint density at radius 3 is 3.08 bits per heavy atom. The molecule has 0 saturated heterocycles. The molecule has 2 rings (SSSR count). The van der Waals surface area contributed by atoms with Crippen molar-refractivity contribution >= 4 is 11.6 Å². The van der Waals surface area contributed by atoms with Crippen LogP contribution in [0.25, 0.3) is 0 Å². The van der Waals surface area contributed by atoms with E-state index in [1.54, 1.807) is 6.33 Å². The SMILES string of the molecule is CC(Cl)Cc1ncnc2c1CCC2. The smallest absolute Gasteiger partial charge is 0.115 e. The van der Waals surface area contributed by atoms with Crippen LogP contribution in [0.15, 0.2) is 6.33 Å². The Kier molecular flexibility index (Phi) is 2.49. The van der Waals surface area contributed by atoms with Crippen molar-refractivity contribution in [2.75, 3.05) is 0 Å². The quantitative estimate of drug-likeness (QED) is 0.678. The van der Waals surface area contributed by atoms with Gasteiger partial charge in [0, 0.05) is 23.2 Å². The van der Waals surface area contributed by atoms with Crippen LogP contribution in [-0.4, -0.2) is 15.3 Å². The summed E-state index contributed by atoms with van der Waals surface area (Å²) in [5, 5.41) is 0.166. The molecule has 0 N–H and O–H groups in total. The predicted octanol–water partition coefficient (Wildman–Crippen LogP) is 2.14. The molecule has 3 heteroatoms. The van der Waals surface area contributed by atoms with Crippen LogP contribution in [0.1, 0.15) is 30.3 Å². The Morgan fingerprint density at radius 1 is 1.46 bits per heavy atom. The van der Waals surface area contributed by atoms with E-state index in [1.807, 2.05) is 6.92 Å². The number of rotatable bonds is 2. The van der Waals surface area contributed by atoms with E-state index >= 15 is 0 Å². The van der Waals surface area contributed by atoms with Crippen LogP contribution >= 0.6 is 11.6 Å². The lowest BCUT2D eigenvalue weighted by molar-refractivity contribution is 0.851. The number of fused-ring (bicyclic) bond motifs is 1. The van der Waals surface area contributed by atoms with Gasteiger partial charge in [0.2, 0.25) is 0 Å².